The van der Waals surface area contributed by atoms with Gasteiger partial charge in [0.25, 0.3) is 0 Å². The molecule has 3 heterocycles. The molecule has 0 spiro atoms. The van der Waals surface area contributed by atoms with Crippen molar-refractivity contribution >= 4 is 29.0 Å². The molecule has 5 rings (SSSR count). The molecule has 1 aliphatic heterocycles. The summed E-state index contributed by atoms with van der Waals surface area (Å²) in [7, 11) is 1.87. The number of fused-ring (bicyclic) bond motifs is 1. The number of rotatable bonds is 5. The molecule has 8 heteroatoms. The number of hydrogen-bond acceptors (Lipinski definition) is 6. The van der Waals surface area contributed by atoms with E-state index in [4.69, 9.17) is 9.97 Å². The number of nitrogens with one attached hydrogen (secondary N) is 2. The van der Waals surface area contributed by atoms with E-state index < -0.39 is 0 Å². The van der Waals surface area contributed by atoms with Gasteiger partial charge in [0.1, 0.15) is 17.5 Å². The third kappa shape index (κ3) is 3.88. The number of hydrogen-bond donors (Lipinski definition) is 2. The highest BCUT2D eigenvalue weighted by Crippen LogP contribution is 2.46. The van der Waals surface area contributed by atoms with Crippen LogP contribution in [0.4, 0.5) is 33.3 Å². The summed E-state index contributed by atoms with van der Waals surface area (Å²) in [4.78, 5) is 16.0. The monoisotopic (exact) mass is 443 g/mol. The first-order valence-electron chi connectivity index (χ1n) is 10.9. The molecule has 168 valence electrons. The normalized spacial score (nSPS) is 14.3. The van der Waals surface area contributed by atoms with E-state index in [1.54, 1.807) is 18.5 Å². The van der Waals surface area contributed by atoms with E-state index in [9.17, 15) is 4.39 Å². The standard InChI is InChI=1S/C25H26FN7/c1-16-13-32(15-28-16)19-11-7-18(8-12-19)29-24-30-22(27-4)21-23(31-24)33(14-25(21,2)3)20-9-5-17(26)6-10-20/h5-13,15H,14H2,1-4H3,(H2,27,29,30,31). The number of benzene rings is 2. The fourth-order valence-electron chi connectivity index (χ4n) is 4.30. The second-order valence-electron chi connectivity index (χ2n) is 8.89. The third-order valence-electron chi connectivity index (χ3n) is 5.88. The third-order valence-corrected chi connectivity index (χ3v) is 5.88. The first-order valence-corrected chi connectivity index (χ1v) is 10.9. The van der Waals surface area contributed by atoms with E-state index in [1.165, 1.54) is 12.1 Å². The van der Waals surface area contributed by atoms with Gasteiger partial charge in [0.2, 0.25) is 5.95 Å². The smallest absolute Gasteiger partial charge is 0.231 e. The molecule has 7 nitrogen and oxygen atoms in total. The van der Waals surface area contributed by atoms with Gasteiger partial charge in [-0.25, -0.2) is 9.37 Å². The SMILES string of the molecule is CNc1nc(Nc2ccc(-n3cnc(C)c3)cc2)nc2c1C(C)(C)CN2c1ccc(F)cc1. The van der Waals surface area contributed by atoms with Gasteiger partial charge in [-0.15, -0.1) is 0 Å². The summed E-state index contributed by atoms with van der Waals surface area (Å²) in [5.41, 5.74) is 4.64. The lowest BCUT2D eigenvalue weighted by atomic mass is 9.88. The maximum absolute atomic E-state index is 13.5. The molecule has 0 aliphatic carbocycles. The van der Waals surface area contributed by atoms with Crippen molar-refractivity contribution < 1.29 is 4.39 Å². The van der Waals surface area contributed by atoms with Gasteiger partial charge < -0.3 is 20.1 Å². The Labute approximate surface area is 192 Å². The number of aromatic nitrogens is 4. The molecule has 0 fully saturated rings. The minimum absolute atomic E-state index is 0.175. The Balaban J connectivity index is 1.49. The minimum atomic E-state index is -0.257. The second kappa shape index (κ2) is 7.88. The fourth-order valence-corrected chi connectivity index (χ4v) is 4.30. The molecule has 33 heavy (non-hydrogen) atoms. The van der Waals surface area contributed by atoms with Gasteiger partial charge in [0.05, 0.1) is 12.0 Å². The molecule has 4 aromatic rings. The lowest BCUT2D eigenvalue weighted by molar-refractivity contribution is 0.569. The van der Waals surface area contributed by atoms with E-state index >= 15 is 0 Å². The van der Waals surface area contributed by atoms with Crippen LogP contribution in [-0.2, 0) is 5.41 Å². The van der Waals surface area contributed by atoms with E-state index in [1.807, 2.05) is 49.0 Å². The molecule has 0 bridgehead atoms. The Morgan fingerprint density at radius 2 is 1.67 bits per heavy atom. The van der Waals surface area contributed by atoms with Crippen molar-refractivity contribution in [1.29, 1.82) is 0 Å². The molecule has 2 aromatic heterocycles. The number of aryl methyl sites for hydroxylation is 1. The quantitative estimate of drug-likeness (QED) is 0.435. The fraction of sp³-hybridized carbons (Fsp3) is 0.240. The van der Waals surface area contributed by atoms with Crippen LogP contribution in [0.5, 0.6) is 0 Å². The topological polar surface area (TPSA) is 70.9 Å². The van der Waals surface area contributed by atoms with Crippen LogP contribution in [0.1, 0.15) is 25.1 Å². The first kappa shape index (κ1) is 20.9. The van der Waals surface area contributed by atoms with Crippen LogP contribution < -0.4 is 15.5 Å². The summed E-state index contributed by atoms with van der Waals surface area (Å²) in [6, 6.07) is 14.5. The molecule has 1 aliphatic rings. The first-order chi connectivity index (χ1) is 15.8. The van der Waals surface area contributed by atoms with Gasteiger partial charge in [0.15, 0.2) is 0 Å². The second-order valence-corrected chi connectivity index (χ2v) is 8.89. The number of imidazole rings is 1. The summed E-state index contributed by atoms with van der Waals surface area (Å²) in [6.45, 7) is 7.03. The molecule has 2 aromatic carbocycles. The van der Waals surface area contributed by atoms with Crippen LogP contribution >= 0.6 is 0 Å². The van der Waals surface area contributed by atoms with Gasteiger partial charge in [-0.1, -0.05) is 13.8 Å². The number of nitrogens with zero attached hydrogens (tertiary/aromatic N) is 5. The van der Waals surface area contributed by atoms with Gasteiger partial charge in [-0.3, -0.25) is 0 Å². The van der Waals surface area contributed by atoms with Crippen molar-refractivity contribution in [2.75, 3.05) is 29.1 Å². The molecule has 0 radical (unpaired) electrons. The zero-order chi connectivity index (χ0) is 23.2. The van der Waals surface area contributed by atoms with Crippen LogP contribution in [0.15, 0.2) is 61.1 Å². The summed E-state index contributed by atoms with van der Waals surface area (Å²) in [5.74, 6) is 1.84. The average Bonchev–Trinajstić information content (AvgIpc) is 3.35. The Bertz CT molecular complexity index is 1290. The van der Waals surface area contributed by atoms with Crippen molar-refractivity contribution in [3.05, 3.63) is 78.1 Å². The summed E-state index contributed by atoms with van der Waals surface area (Å²) < 4.78 is 15.5. The summed E-state index contributed by atoms with van der Waals surface area (Å²) in [6.07, 6.45) is 3.78. The Morgan fingerprint density at radius 3 is 2.30 bits per heavy atom. The lowest BCUT2D eigenvalue weighted by Crippen LogP contribution is -2.25. The highest BCUT2D eigenvalue weighted by Gasteiger charge is 2.40. The van der Waals surface area contributed by atoms with Crippen LogP contribution in [0.25, 0.3) is 5.69 Å². The summed E-state index contributed by atoms with van der Waals surface area (Å²) in [5, 5.41) is 6.56. The zero-order valence-electron chi connectivity index (χ0n) is 19.1. The number of anilines is 5. The molecule has 0 unspecified atom stereocenters. The highest BCUT2D eigenvalue weighted by molar-refractivity contribution is 5.76. The molecular weight excluding hydrogens is 417 g/mol. The molecule has 0 saturated heterocycles. The predicted molar refractivity (Wildman–Crippen MR) is 130 cm³/mol. The zero-order valence-corrected chi connectivity index (χ0v) is 19.1. The Hall–Kier alpha value is -3.94. The van der Waals surface area contributed by atoms with Crippen LogP contribution in [-0.4, -0.2) is 33.1 Å². The largest absolute Gasteiger partial charge is 0.373 e. The molecule has 0 saturated carbocycles. The Morgan fingerprint density at radius 1 is 0.970 bits per heavy atom. The lowest BCUT2D eigenvalue weighted by Gasteiger charge is -2.21. The van der Waals surface area contributed by atoms with Gasteiger partial charge in [-0.2, -0.15) is 9.97 Å². The predicted octanol–water partition coefficient (Wildman–Crippen LogP) is 5.32. The maximum Gasteiger partial charge on any atom is 0.231 e. The van der Waals surface area contributed by atoms with Gasteiger partial charge in [-0.05, 0) is 55.5 Å². The molecule has 0 atom stereocenters. The number of halogens is 1. The van der Waals surface area contributed by atoms with E-state index in [0.717, 1.165) is 46.5 Å². The molecule has 2 N–H and O–H groups in total. The Kier molecular flexibility index (Phi) is 5.00. The summed E-state index contributed by atoms with van der Waals surface area (Å²) >= 11 is 0. The van der Waals surface area contributed by atoms with Crippen molar-refractivity contribution in [2.24, 2.45) is 0 Å². The highest BCUT2D eigenvalue weighted by atomic mass is 19.1. The average molecular weight is 444 g/mol. The van der Waals surface area contributed by atoms with Crippen molar-refractivity contribution in [2.45, 2.75) is 26.2 Å². The van der Waals surface area contributed by atoms with Crippen molar-refractivity contribution in [1.82, 2.24) is 19.5 Å². The van der Waals surface area contributed by atoms with Crippen molar-refractivity contribution in [3.63, 3.8) is 0 Å². The van der Waals surface area contributed by atoms with E-state index in [2.05, 4.69) is 34.4 Å². The van der Waals surface area contributed by atoms with Crippen LogP contribution in [0.3, 0.4) is 0 Å². The van der Waals surface area contributed by atoms with Crippen LogP contribution in [0.2, 0.25) is 0 Å². The minimum Gasteiger partial charge on any atom is -0.373 e. The maximum atomic E-state index is 13.5. The van der Waals surface area contributed by atoms with Crippen molar-refractivity contribution in [3.8, 4) is 5.69 Å². The van der Waals surface area contributed by atoms with Gasteiger partial charge in [0, 0.05) is 47.8 Å². The van der Waals surface area contributed by atoms with Crippen LogP contribution in [0, 0.1) is 12.7 Å². The molecule has 0 amide bonds. The van der Waals surface area contributed by atoms with E-state index in [-0.39, 0.29) is 11.2 Å². The van der Waals surface area contributed by atoms with E-state index in [0.29, 0.717) is 5.95 Å². The van der Waals surface area contributed by atoms with Gasteiger partial charge >= 0.3 is 0 Å². The molecular formula is C25H26FN7.